The van der Waals surface area contributed by atoms with Crippen LogP contribution < -0.4 is 0 Å². The zero-order valence-corrected chi connectivity index (χ0v) is 12.7. The first-order valence-electron chi connectivity index (χ1n) is 7.71. The molecule has 1 spiro atoms. The highest BCUT2D eigenvalue weighted by Gasteiger charge is 2.56. The number of nitrogens with zero attached hydrogens (tertiary/aromatic N) is 1. The van der Waals surface area contributed by atoms with Crippen LogP contribution in [0.1, 0.15) is 42.3 Å². The maximum absolute atomic E-state index is 12.4. The summed E-state index contributed by atoms with van der Waals surface area (Å²) in [6.45, 7) is 5.84. The first-order valence-corrected chi connectivity index (χ1v) is 7.71. The standard InChI is InChI=1S/C16H23NO4/c1-3-20-13-10-12(18)16(13)5-7-17(8-6-16)15(19)14-11(2)4-9-21-14/h4,9,12-13,18H,3,5-8,10H2,1-2H3/t12-,13+/m0/s1. The van der Waals surface area contributed by atoms with Crippen molar-refractivity contribution in [3.63, 3.8) is 0 Å². The molecule has 1 amide bonds. The van der Waals surface area contributed by atoms with Crippen LogP contribution in [0.25, 0.3) is 0 Å². The van der Waals surface area contributed by atoms with Gasteiger partial charge in [0, 0.05) is 37.1 Å². The molecule has 0 radical (unpaired) electrons. The van der Waals surface area contributed by atoms with Crippen molar-refractivity contribution in [2.45, 2.75) is 45.3 Å². The van der Waals surface area contributed by atoms with E-state index in [2.05, 4.69) is 0 Å². The number of carbonyl (C=O) groups excluding carboxylic acids is 1. The summed E-state index contributed by atoms with van der Waals surface area (Å²) in [7, 11) is 0. The van der Waals surface area contributed by atoms with E-state index in [1.54, 1.807) is 12.3 Å². The van der Waals surface area contributed by atoms with Gasteiger partial charge >= 0.3 is 0 Å². The van der Waals surface area contributed by atoms with Gasteiger partial charge in [-0.15, -0.1) is 0 Å². The lowest BCUT2D eigenvalue weighted by Crippen LogP contribution is -2.62. The van der Waals surface area contributed by atoms with Crippen molar-refractivity contribution in [1.82, 2.24) is 4.90 Å². The Morgan fingerprint density at radius 3 is 2.76 bits per heavy atom. The largest absolute Gasteiger partial charge is 0.459 e. The first-order chi connectivity index (χ1) is 10.1. The Balaban J connectivity index is 1.65. The number of furan rings is 1. The number of aliphatic hydroxyl groups excluding tert-OH is 1. The van der Waals surface area contributed by atoms with Crippen molar-refractivity contribution in [2.75, 3.05) is 19.7 Å². The summed E-state index contributed by atoms with van der Waals surface area (Å²) in [5.41, 5.74) is 0.724. The molecule has 21 heavy (non-hydrogen) atoms. The van der Waals surface area contributed by atoms with Gasteiger partial charge in [0.15, 0.2) is 5.76 Å². The highest BCUT2D eigenvalue weighted by atomic mass is 16.5. The molecule has 1 aromatic heterocycles. The Hall–Kier alpha value is -1.33. The molecule has 5 heteroatoms. The van der Waals surface area contributed by atoms with Crippen molar-refractivity contribution in [3.05, 3.63) is 23.7 Å². The maximum atomic E-state index is 12.4. The van der Waals surface area contributed by atoms with E-state index >= 15 is 0 Å². The number of ether oxygens (including phenoxy) is 1. The van der Waals surface area contributed by atoms with Gasteiger partial charge in [-0.1, -0.05) is 0 Å². The van der Waals surface area contributed by atoms with Gasteiger partial charge in [0.05, 0.1) is 18.5 Å². The van der Waals surface area contributed by atoms with Crippen LogP contribution in [0.5, 0.6) is 0 Å². The van der Waals surface area contributed by atoms with Crippen LogP contribution >= 0.6 is 0 Å². The highest BCUT2D eigenvalue weighted by Crippen LogP contribution is 2.51. The normalized spacial score (nSPS) is 27.7. The van der Waals surface area contributed by atoms with Crippen LogP contribution in [0.15, 0.2) is 16.7 Å². The van der Waals surface area contributed by atoms with E-state index in [-0.39, 0.29) is 23.5 Å². The van der Waals surface area contributed by atoms with Crippen LogP contribution in [0, 0.1) is 12.3 Å². The fourth-order valence-electron chi connectivity index (χ4n) is 3.68. The zero-order valence-electron chi connectivity index (χ0n) is 12.7. The molecule has 1 aromatic rings. The number of rotatable bonds is 3. The van der Waals surface area contributed by atoms with Crippen LogP contribution in [0.4, 0.5) is 0 Å². The van der Waals surface area contributed by atoms with Gasteiger partial charge in [-0.05, 0) is 32.8 Å². The van der Waals surface area contributed by atoms with Gasteiger partial charge in [-0.3, -0.25) is 4.79 Å². The fraction of sp³-hybridized carbons (Fsp3) is 0.688. The van der Waals surface area contributed by atoms with E-state index in [1.165, 1.54) is 0 Å². The molecule has 116 valence electrons. The summed E-state index contributed by atoms with van der Waals surface area (Å²) in [6.07, 6.45) is 3.71. The monoisotopic (exact) mass is 293 g/mol. The van der Waals surface area contributed by atoms with Gasteiger partial charge in [0.1, 0.15) is 0 Å². The molecule has 0 unspecified atom stereocenters. The van der Waals surface area contributed by atoms with E-state index in [1.807, 2.05) is 18.7 Å². The number of hydrogen-bond acceptors (Lipinski definition) is 4. The minimum absolute atomic E-state index is 0.0471. The van der Waals surface area contributed by atoms with E-state index in [9.17, 15) is 9.90 Å². The molecule has 2 heterocycles. The number of likely N-dealkylation sites (tertiary alicyclic amines) is 1. The molecular weight excluding hydrogens is 270 g/mol. The van der Waals surface area contributed by atoms with E-state index in [0.29, 0.717) is 25.5 Å². The van der Waals surface area contributed by atoms with E-state index in [4.69, 9.17) is 9.15 Å². The minimum atomic E-state index is -0.295. The topological polar surface area (TPSA) is 62.9 Å². The molecular formula is C16H23NO4. The number of piperidine rings is 1. The van der Waals surface area contributed by atoms with Crippen LogP contribution in [0.2, 0.25) is 0 Å². The molecule has 1 saturated carbocycles. The van der Waals surface area contributed by atoms with Gasteiger partial charge in [0.2, 0.25) is 0 Å². The lowest BCUT2D eigenvalue weighted by Gasteiger charge is -2.56. The van der Waals surface area contributed by atoms with Gasteiger partial charge in [-0.25, -0.2) is 0 Å². The molecule has 2 fully saturated rings. The third-order valence-corrected chi connectivity index (χ3v) is 5.15. The second kappa shape index (κ2) is 5.46. The SMILES string of the molecule is CCO[C@@H]1C[C@H](O)C12CCN(C(=O)c1occc1C)CC2. The minimum Gasteiger partial charge on any atom is -0.459 e. The first kappa shape index (κ1) is 14.6. The molecule has 3 rings (SSSR count). The number of carbonyl (C=O) groups is 1. The molecule has 1 saturated heterocycles. The Morgan fingerprint density at radius 1 is 1.52 bits per heavy atom. The smallest absolute Gasteiger partial charge is 0.289 e. The summed E-state index contributed by atoms with van der Waals surface area (Å²) in [4.78, 5) is 14.3. The van der Waals surface area contributed by atoms with Gasteiger partial charge < -0.3 is 19.2 Å². The third-order valence-electron chi connectivity index (χ3n) is 5.15. The Labute approximate surface area is 124 Å². The molecule has 0 bridgehead atoms. The molecule has 1 aliphatic heterocycles. The van der Waals surface area contributed by atoms with Crippen molar-refractivity contribution in [1.29, 1.82) is 0 Å². The Morgan fingerprint density at radius 2 is 2.24 bits per heavy atom. The summed E-state index contributed by atoms with van der Waals surface area (Å²) in [6, 6.07) is 1.81. The third kappa shape index (κ3) is 2.28. The predicted octanol–water partition coefficient (Wildman–Crippen LogP) is 1.98. The zero-order chi connectivity index (χ0) is 15.0. The van der Waals surface area contributed by atoms with E-state index < -0.39 is 0 Å². The van der Waals surface area contributed by atoms with Gasteiger partial charge in [-0.2, -0.15) is 0 Å². The molecule has 2 aliphatic rings. The fourth-order valence-corrected chi connectivity index (χ4v) is 3.68. The molecule has 1 N–H and O–H groups in total. The maximum Gasteiger partial charge on any atom is 0.289 e. The molecule has 2 atom stereocenters. The van der Waals surface area contributed by atoms with E-state index in [0.717, 1.165) is 24.8 Å². The summed E-state index contributed by atoms with van der Waals surface area (Å²) in [5, 5.41) is 10.2. The van der Waals surface area contributed by atoms with Crippen molar-refractivity contribution in [2.24, 2.45) is 5.41 Å². The lowest BCUT2D eigenvalue weighted by atomic mass is 9.58. The number of amides is 1. The molecule has 0 aromatic carbocycles. The van der Waals surface area contributed by atoms with Crippen molar-refractivity contribution in [3.8, 4) is 0 Å². The average molecular weight is 293 g/mol. The van der Waals surface area contributed by atoms with Crippen molar-refractivity contribution < 1.29 is 19.1 Å². The number of aryl methyl sites for hydroxylation is 1. The Bertz CT molecular complexity index is 514. The van der Waals surface area contributed by atoms with Gasteiger partial charge in [0.25, 0.3) is 5.91 Å². The molecule has 1 aliphatic carbocycles. The summed E-state index contributed by atoms with van der Waals surface area (Å²) >= 11 is 0. The number of hydrogen-bond donors (Lipinski definition) is 1. The second-order valence-corrected chi connectivity index (χ2v) is 6.15. The van der Waals surface area contributed by atoms with Crippen molar-refractivity contribution >= 4 is 5.91 Å². The second-order valence-electron chi connectivity index (χ2n) is 6.15. The predicted molar refractivity (Wildman–Crippen MR) is 77.1 cm³/mol. The summed E-state index contributed by atoms with van der Waals surface area (Å²) in [5.74, 6) is 0.385. The highest BCUT2D eigenvalue weighted by molar-refractivity contribution is 5.92. The number of aliphatic hydroxyl groups is 1. The lowest BCUT2D eigenvalue weighted by molar-refractivity contribution is -0.207. The average Bonchev–Trinajstić information content (AvgIpc) is 2.92. The van der Waals surface area contributed by atoms with Crippen LogP contribution in [0.3, 0.4) is 0 Å². The van der Waals surface area contributed by atoms with Crippen LogP contribution in [-0.4, -0.2) is 47.8 Å². The Kier molecular flexibility index (Phi) is 3.80. The van der Waals surface area contributed by atoms with Crippen LogP contribution in [-0.2, 0) is 4.74 Å². The molecule has 5 nitrogen and oxygen atoms in total. The quantitative estimate of drug-likeness (QED) is 0.925. The summed E-state index contributed by atoms with van der Waals surface area (Å²) < 4.78 is 11.0.